The van der Waals surface area contributed by atoms with E-state index in [2.05, 4.69) is 5.32 Å². The van der Waals surface area contributed by atoms with Crippen LogP contribution in [0.25, 0.3) is 5.69 Å². The molecule has 0 bridgehead atoms. The normalized spacial score (nSPS) is 16.4. The van der Waals surface area contributed by atoms with E-state index in [-0.39, 0.29) is 35.9 Å². The molecule has 1 amide bonds. The van der Waals surface area contributed by atoms with Gasteiger partial charge in [0.05, 0.1) is 17.2 Å². The number of hydrogen-bond donors (Lipinski definition) is 2. The van der Waals surface area contributed by atoms with Crippen LogP contribution in [-0.4, -0.2) is 34.7 Å². The van der Waals surface area contributed by atoms with Crippen LogP contribution in [0.4, 0.5) is 13.2 Å². The van der Waals surface area contributed by atoms with Crippen molar-refractivity contribution in [2.75, 3.05) is 13.2 Å². The van der Waals surface area contributed by atoms with Crippen molar-refractivity contribution in [3.63, 3.8) is 0 Å². The molecule has 1 atom stereocenters. The summed E-state index contributed by atoms with van der Waals surface area (Å²) in [6, 6.07) is 19.5. The van der Waals surface area contributed by atoms with Crippen molar-refractivity contribution in [3.05, 3.63) is 112 Å². The SMILES string of the molecule is O=C(NCCc1cccn1-c1ccc(C(F)(F)F)cc1)c1ccc(OC2(C(=O)O)CCOc3ccccc32)c(Cl)c1. The van der Waals surface area contributed by atoms with E-state index < -0.39 is 29.2 Å². The van der Waals surface area contributed by atoms with Crippen LogP contribution in [0.15, 0.2) is 85.1 Å². The minimum Gasteiger partial charge on any atom is -0.493 e. The number of carbonyl (C=O) groups excluding carboxylic acids is 1. The van der Waals surface area contributed by atoms with E-state index in [1.54, 1.807) is 41.1 Å². The molecular formula is C30H24ClF3N2O5. The average molecular weight is 585 g/mol. The molecule has 3 aromatic carbocycles. The number of aliphatic carboxylic acids is 1. The molecule has 1 unspecified atom stereocenters. The van der Waals surface area contributed by atoms with Crippen LogP contribution in [0, 0.1) is 0 Å². The van der Waals surface area contributed by atoms with Crippen LogP contribution >= 0.6 is 11.6 Å². The number of amides is 1. The lowest BCUT2D eigenvalue weighted by molar-refractivity contribution is -0.159. The van der Waals surface area contributed by atoms with Gasteiger partial charge in [-0.05, 0) is 60.7 Å². The summed E-state index contributed by atoms with van der Waals surface area (Å²) in [5.74, 6) is -1.07. The maximum Gasteiger partial charge on any atom is 0.416 e. The molecule has 0 saturated heterocycles. The summed E-state index contributed by atoms with van der Waals surface area (Å²) in [5.41, 5.74) is -0.451. The van der Waals surface area contributed by atoms with E-state index >= 15 is 0 Å². The van der Waals surface area contributed by atoms with Gasteiger partial charge in [0.25, 0.3) is 5.91 Å². The molecule has 41 heavy (non-hydrogen) atoms. The topological polar surface area (TPSA) is 89.8 Å². The first kappa shape index (κ1) is 28.1. The number of ether oxygens (including phenoxy) is 2. The van der Waals surface area contributed by atoms with Crippen molar-refractivity contribution in [2.24, 2.45) is 0 Å². The maximum atomic E-state index is 12.9. The van der Waals surface area contributed by atoms with Gasteiger partial charge in [0.1, 0.15) is 11.5 Å². The first-order valence-corrected chi connectivity index (χ1v) is 13.0. The Kier molecular flexibility index (Phi) is 7.68. The maximum absolute atomic E-state index is 12.9. The molecule has 212 valence electrons. The van der Waals surface area contributed by atoms with Gasteiger partial charge in [-0.25, -0.2) is 4.79 Å². The number of fused-ring (bicyclic) bond motifs is 1. The van der Waals surface area contributed by atoms with Gasteiger partial charge in [0, 0.05) is 48.1 Å². The first-order chi connectivity index (χ1) is 19.6. The van der Waals surface area contributed by atoms with Crippen LogP contribution in [-0.2, 0) is 23.0 Å². The minimum atomic E-state index is -4.41. The lowest BCUT2D eigenvalue weighted by atomic mass is 9.87. The number of benzene rings is 3. The number of nitrogens with one attached hydrogen (secondary N) is 1. The second kappa shape index (κ2) is 11.2. The van der Waals surface area contributed by atoms with Gasteiger partial charge in [0.2, 0.25) is 5.60 Å². The first-order valence-electron chi connectivity index (χ1n) is 12.6. The molecule has 2 N–H and O–H groups in total. The van der Waals surface area contributed by atoms with Gasteiger partial charge in [-0.2, -0.15) is 13.2 Å². The molecule has 11 heteroatoms. The quantitative estimate of drug-likeness (QED) is 0.255. The zero-order chi connectivity index (χ0) is 29.2. The van der Waals surface area contributed by atoms with Gasteiger partial charge in [-0.3, -0.25) is 4.79 Å². The Morgan fingerprint density at radius 1 is 1.05 bits per heavy atom. The Morgan fingerprint density at radius 2 is 1.80 bits per heavy atom. The predicted molar refractivity (Wildman–Crippen MR) is 145 cm³/mol. The van der Waals surface area contributed by atoms with Gasteiger partial charge >= 0.3 is 12.1 Å². The summed E-state index contributed by atoms with van der Waals surface area (Å²) in [7, 11) is 0. The molecule has 1 aliphatic heterocycles. The fourth-order valence-electron chi connectivity index (χ4n) is 4.74. The molecule has 4 aromatic rings. The third-order valence-electron chi connectivity index (χ3n) is 6.83. The second-order valence-corrected chi connectivity index (χ2v) is 9.80. The number of nitrogens with zero attached hydrogens (tertiary/aromatic N) is 1. The molecule has 1 aliphatic rings. The molecular weight excluding hydrogens is 561 g/mol. The second-order valence-electron chi connectivity index (χ2n) is 9.39. The minimum absolute atomic E-state index is 0.0616. The Labute approximate surface area is 238 Å². The van der Waals surface area contributed by atoms with E-state index in [4.69, 9.17) is 21.1 Å². The molecule has 0 aliphatic carbocycles. The number of alkyl halides is 3. The zero-order valence-corrected chi connectivity index (χ0v) is 22.2. The zero-order valence-electron chi connectivity index (χ0n) is 21.5. The van der Waals surface area contributed by atoms with Crippen LogP contribution in [0.1, 0.15) is 33.6 Å². The molecule has 2 heterocycles. The van der Waals surface area contributed by atoms with Gasteiger partial charge in [-0.1, -0.05) is 29.8 Å². The number of aromatic nitrogens is 1. The molecule has 0 fully saturated rings. The van der Waals surface area contributed by atoms with E-state index in [1.807, 2.05) is 6.07 Å². The van der Waals surface area contributed by atoms with Crippen LogP contribution < -0.4 is 14.8 Å². The molecule has 1 aromatic heterocycles. The fraction of sp³-hybridized carbons (Fsp3) is 0.200. The van der Waals surface area contributed by atoms with Crippen molar-refractivity contribution in [3.8, 4) is 17.2 Å². The van der Waals surface area contributed by atoms with Crippen molar-refractivity contribution in [1.82, 2.24) is 9.88 Å². The van der Waals surface area contributed by atoms with Crippen molar-refractivity contribution >= 4 is 23.5 Å². The lowest BCUT2D eigenvalue weighted by Gasteiger charge is -2.35. The van der Waals surface area contributed by atoms with Crippen LogP contribution in [0.3, 0.4) is 0 Å². The standard InChI is InChI=1S/C30H24ClF3N2O5/c31-24-18-19(7-12-26(24)41-29(28(38)39)14-17-40-25-6-2-1-5-23(25)29)27(37)35-15-13-21-4-3-16-36(21)22-10-8-20(9-11-22)30(32,33)34/h1-12,16,18H,13-15,17H2,(H,35,37)(H,38,39). The van der Waals surface area contributed by atoms with Crippen LogP contribution in [0.5, 0.6) is 11.5 Å². The van der Waals surface area contributed by atoms with Gasteiger partial charge in [0.15, 0.2) is 0 Å². The number of carbonyl (C=O) groups is 2. The van der Waals surface area contributed by atoms with E-state index in [0.29, 0.717) is 23.4 Å². The Balaban J connectivity index is 1.24. The smallest absolute Gasteiger partial charge is 0.416 e. The largest absolute Gasteiger partial charge is 0.493 e. The fourth-order valence-corrected chi connectivity index (χ4v) is 4.96. The highest BCUT2D eigenvalue weighted by Crippen LogP contribution is 2.42. The van der Waals surface area contributed by atoms with E-state index in [9.17, 15) is 27.9 Å². The predicted octanol–water partition coefficient (Wildman–Crippen LogP) is 6.26. The Hall–Kier alpha value is -4.44. The third kappa shape index (κ3) is 5.74. The van der Waals surface area contributed by atoms with Crippen molar-refractivity contribution in [1.29, 1.82) is 0 Å². The van der Waals surface area contributed by atoms with E-state index in [0.717, 1.165) is 17.8 Å². The van der Waals surface area contributed by atoms with Gasteiger partial charge in [-0.15, -0.1) is 0 Å². The highest BCUT2D eigenvalue weighted by atomic mass is 35.5. The number of rotatable bonds is 8. The highest BCUT2D eigenvalue weighted by molar-refractivity contribution is 6.32. The summed E-state index contributed by atoms with van der Waals surface area (Å²) < 4.78 is 52.0. The Morgan fingerprint density at radius 3 is 2.51 bits per heavy atom. The number of carboxylic acids is 1. The molecule has 7 nitrogen and oxygen atoms in total. The number of carboxylic acid groups (broad SMARTS) is 1. The monoisotopic (exact) mass is 584 g/mol. The summed E-state index contributed by atoms with van der Waals surface area (Å²) in [6.07, 6.45) is -2.20. The summed E-state index contributed by atoms with van der Waals surface area (Å²) in [5, 5.41) is 13.0. The Bertz CT molecular complexity index is 1590. The third-order valence-corrected chi connectivity index (χ3v) is 7.13. The number of para-hydroxylation sites is 1. The van der Waals surface area contributed by atoms with E-state index in [1.165, 1.54) is 30.3 Å². The molecule has 5 rings (SSSR count). The van der Waals surface area contributed by atoms with Crippen molar-refractivity contribution in [2.45, 2.75) is 24.6 Å². The average Bonchev–Trinajstić information content (AvgIpc) is 3.42. The highest BCUT2D eigenvalue weighted by Gasteiger charge is 2.47. The lowest BCUT2D eigenvalue weighted by Crippen LogP contribution is -2.45. The summed E-state index contributed by atoms with van der Waals surface area (Å²) in [6.45, 7) is 0.391. The molecule has 0 saturated carbocycles. The number of halogens is 4. The molecule has 0 spiro atoms. The molecule has 0 radical (unpaired) electrons. The van der Waals surface area contributed by atoms with Crippen molar-refractivity contribution < 1.29 is 37.3 Å². The number of hydrogen-bond acceptors (Lipinski definition) is 4. The van der Waals surface area contributed by atoms with Gasteiger partial charge < -0.3 is 24.5 Å². The summed E-state index contributed by atoms with van der Waals surface area (Å²) >= 11 is 6.43. The van der Waals surface area contributed by atoms with Crippen LogP contribution in [0.2, 0.25) is 5.02 Å². The summed E-state index contributed by atoms with van der Waals surface area (Å²) in [4.78, 5) is 25.2.